The molecule has 0 fully saturated rings. The van der Waals surface area contributed by atoms with Gasteiger partial charge >= 0.3 is 0 Å². The van der Waals surface area contributed by atoms with Gasteiger partial charge in [-0.05, 0) is 24.6 Å². The van der Waals surface area contributed by atoms with Crippen LogP contribution in [-0.4, -0.2) is 32.0 Å². The topological polar surface area (TPSA) is 58.6 Å². The number of ether oxygens (including phenoxy) is 1. The number of nitrogens with zero attached hydrogens (tertiary/aromatic N) is 1. The van der Waals surface area contributed by atoms with E-state index in [2.05, 4.69) is 5.32 Å². The summed E-state index contributed by atoms with van der Waals surface area (Å²) in [5.41, 5.74) is 0.599. The number of nitrogens with one attached hydrogen (secondary N) is 1. The highest BCUT2D eigenvalue weighted by molar-refractivity contribution is 6.31. The smallest absolute Gasteiger partial charge is 0.224 e. The van der Waals surface area contributed by atoms with Gasteiger partial charge in [-0.15, -0.1) is 0 Å². The summed E-state index contributed by atoms with van der Waals surface area (Å²) < 4.78 is 5.26. The molecule has 2 amide bonds. The first-order chi connectivity index (χ1) is 9.99. The molecule has 116 valence electrons. The fourth-order valence-corrected chi connectivity index (χ4v) is 2.11. The van der Waals surface area contributed by atoms with Crippen molar-refractivity contribution >= 4 is 29.1 Å². The summed E-state index contributed by atoms with van der Waals surface area (Å²) in [6.45, 7) is 4.15. The quantitative estimate of drug-likeness (QED) is 0.842. The van der Waals surface area contributed by atoms with Gasteiger partial charge < -0.3 is 15.0 Å². The Morgan fingerprint density at radius 2 is 2.10 bits per heavy atom. The van der Waals surface area contributed by atoms with Crippen molar-refractivity contribution in [3.05, 3.63) is 23.2 Å². The lowest BCUT2D eigenvalue weighted by molar-refractivity contribution is -0.121. The largest absolute Gasteiger partial charge is 0.495 e. The van der Waals surface area contributed by atoms with E-state index in [-0.39, 0.29) is 11.8 Å². The zero-order chi connectivity index (χ0) is 15.8. The van der Waals surface area contributed by atoms with Gasteiger partial charge in [0, 0.05) is 31.5 Å². The summed E-state index contributed by atoms with van der Waals surface area (Å²) >= 11 is 5.99. The maximum atomic E-state index is 11.8. The number of halogens is 1. The molecule has 1 N–H and O–H groups in total. The lowest BCUT2D eigenvalue weighted by Gasteiger charge is -2.23. The van der Waals surface area contributed by atoms with Crippen molar-refractivity contribution in [3.63, 3.8) is 0 Å². The zero-order valence-corrected chi connectivity index (χ0v) is 13.4. The van der Waals surface area contributed by atoms with E-state index in [1.165, 1.54) is 18.9 Å². The third-order valence-corrected chi connectivity index (χ3v) is 3.18. The Labute approximate surface area is 130 Å². The van der Waals surface area contributed by atoms with Crippen LogP contribution in [0.15, 0.2) is 18.2 Å². The van der Waals surface area contributed by atoms with Crippen molar-refractivity contribution in [2.24, 2.45) is 0 Å². The molecule has 0 saturated carbocycles. The van der Waals surface area contributed by atoms with Crippen molar-refractivity contribution in [1.29, 1.82) is 0 Å². The van der Waals surface area contributed by atoms with Gasteiger partial charge in [-0.1, -0.05) is 18.5 Å². The average molecular weight is 313 g/mol. The molecule has 21 heavy (non-hydrogen) atoms. The van der Waals surface area contributed by atoms with Crippen molar-refractivity contribution in [3.8, 4) is 5.75 Å². The Morgan fingerprint density at radius 1 is 1.38 bits per heavy atom. The molecule has 0 aromatic heterocycles. The molecule has 0 aliphatic heterocycles. The second kappa shape index (κ2) is 8.52. The van der Waals surface area contributed by atoms with Crippen LogP contribution in [0.5, 0.6) is 5.75 Å². The molecule has 0 atom stereocenters. The number of carbonyl (C=O) groups is 2. The number of hydrogen-bond donors (Lipinski definition) is 1. The van der Waals surface area contributed by atoms with Crippen LogP contribution in [0.3, 0.4) is 0 Å². The molecule has 0 spiro atoms. The first-order valence-electron chi connectivity index (χ1n) is 6.88. The van der Waals surface area contributed by atoms with E-state index in [4.69, 9.17) is 16.3 Å². The number of methoxy groups -OCH3 is 1. The summed E-state index contributed by atoms with van der Waals surface area (Å²) in [5, 5.41) is 3.30. The predicted octanol–water partition coefficient (Wildman–Crippen LogP) is 2.62. The summed E-state index contributed by atoms with van der Waals surface area (Å²) in [6, 6.07) is 5.09. The molecular formula is C15H21ClN2O3. The Bertz CT molecular complexity index is 506. The van der Waals surface area contributed by atoms with E-state index < -0.39 is 0 Å². The second-order valence-electron chi connectivity index (χ2n) is 4.59. The first-order valence-corrected chi connectivity index (χ1v) is 7.25. The maximum Gasteiger partial charge on any atom is 0.224 e. The molecule has 5 nitrogen and oxygen atoms in total. The summed E-state index contributed by atoms with van der Waals surface area (Å²) in [6.07, 6.45) is 1.28. The van der Waals surface area contributed by atoms with Gasteiger partial charge in [-0.3, -0.25) is 9.59 Å². The fourth-order valence-electron chi connectivity index (χ4n) is 1.94. The molecule has 0 aliphatic carbocycles. The Morgan fingerprint density at radius 3 is 2.67 bits per heavy atom. The van der Waals surface area contributed by atoms with Crippen LogP contribution < -0.4 is 15.0 Å². The highest BCUT2D eigenvalue weighted by Gasteiger charge is 2.16. The number of carbonyl (C=O) groups excluding carboxylic acids is 2. The SMILES string of the molecule is CCCC(=O)NCCN(C(C)=O)c1cc(Cl)ccc1OC. The van der Waals surface area contributed by atoms with Crippen LogP contribution in [0.25, 0.3) is 0 Å². The number of benzene rings is 1. The molecule has 0 heterocycles. The summed E-state index contributed by atoms with van der Waals surface area (Å²) in [4.78, 5) is 24.8. The monoisotopic (exact) mass is 312 g/mol. The van der Waals surface area contributed by atoms with Crippen molar-refractivity contribution in [2.45, 2.75) is 26.7 Å². The number of hydrogen-bond acceptors (Lipinski definition) is 3. The lowest BCUT2D eigenvalue weighted by atomic mass is 10.2. The Hall–Kier alpha value is -1.75. The Balaban J connectivity index is 2.80. The van der Waals surface area contributed by atoms with Crippen LogP contribution in [0.2, 0.25) is 5.02 Å². The standard InChI is InChI=1S/C15H21ClN2O3/c1-4-5-15(20)17-8-9-18(11(2)19)13-10-12(16)6-7-14(13)21-3/h6-7,10H,4-5,8-9H2,1-3H3,(H,17,20). The first kappa shape index (κ1) is 17.3. The molecular weight excluding hydrogens is 292 g/mol. The average Bonchev–Trinajstić information content (AvgIpc) is 2.43. The van der Waals surface area contributed by atoms with Crippen molar-refractivity contribution in [2.75, 3.05) is 25.1 Å². The highest BCUT2D eigenvalue weighted by atomic mass is 35.5. The molecule has 1 aromatic carbocycles. The van der Waals surface area contributed by atoms with Crippen LogP contribution in [-0.2, 0) is 9.59 Å². The molecule has 6 heteroatoms. The predicted molar refractivity (Wildman–Crippen MR) is 83.9 cm³/mol. The van der Waals surface area contributed by atoms with E-state index >= 15 is 0 Å². The lowest BCUT2D eigenvalue weighted by Crippen LogP contribution is -2.37. The molecule has 0 saturated heterocycles. The molecule has 0 bridgehead atoms. The minimum atomic E-state index is -0.139. The molecule has 0 radical (unpaired) electrons. The van der Waals surface area contributed by atoms with Gasteiger partial charge in [0.25, 0.3) is 0 Å². The molecule has 0 unspecified atom stereocenters. The fraction of sp³-hybridized carbons (Fsp3) is 0.467. The second-order valence-corrected chi connectivity index (χ2v) is 5.02. The van der Waals surface area contributed by atoms with Crippen LogP contribution in [0.4, 0.5) is 5.69 Å². The van der Waals surface area contributed by atoms with E-state index in [1.807, 2.05) is 6.92 Å². The minimum Gasteiger partial charge on any atom is -0.495 e. The molecule has 1 aromatic rings. The van der Waals surface area contributed by atoms with Crippen LogP contribution in [0.1, 0.15) is 26.7 Å². The van der Waals surface area contributed by atoms with E-state index in [0.717, 1.165) is 6.42 Å². The van der Waals surface area contributed by atoms with Gasteiger partial charge in [-0.2, -0.15) is 0 Å². The van der Waals surface area contributed by atoms with E-state index in [1.54, 1.807) is 18.2 Å². The van der Waals surface area contributed by atoms with Gasteiger partial charge in [-0.25, -0.2) is 0 Å². The zero-order valence-electron chi connectivity index (χ0n) is 12.6. The Kier molecular flexibility index (Phi) is 7.02. The summed E-state index contributed by atoms with van der Waals surface area (Å²) in [7, 11) is 1.54. The van der Waals surface area contributed by atoms with Gasteiger partial charge in [0.15, 0.2) is 0 Å². The highest BCUT2D eigenvalue weighted by Crippen LogP contribution is 2.31. The summed E-state index contributed by atoms with van der Waals surface area (Å²) in [5.74, 6) is 0.411. The van der Waals surface area contributed by atoms with Gasteiger partial charge in [0.05, 0.1) is 12.8 Å². The van der Waals surface area contributed by atoms with Crippen molar-refractivity contribution in [1.82, 2.24) is 5.32 Å². The third kappa shape index (κ3) is 5.27. The normalized spacial score (nSPS) is 10.1. The minimum absolute atomic E-state index is 0.0148. The number of amides is 2. The maximum absolute atomic E-state index is 11.8. The van der Waals surface area contributed by atoms with E-state index in [9.17, 15) is 9.59 Å². The molecule has 1 rings (SSSR count). The van der Waals surface area contributed by atoms with Crippen LogP contribution >= 0.6 is 11.6 Å². The number of rotatable bonds is 7. The molecule has 0 aliphatic rings. The third-order valence-electron chi connectivity index (χ3n) is 2.95. The van der Waals surface area contributed by atoms with Crippen LogP contribution in [0, 0.1) is 0 Å². The van der Waals surface area contributed by atoms with Crippen molar-refractivity contribution < 1.29 is 14.3 Å². The number of anilines is 1. The van der Waals surface area contributed by atoms with E-state index in [0.29, 0.717) is 36.0 Å². The van der Waals surface area contributed by atoms with Gasteiger partial charge in [0.2, 0.25) is 11.8 Å². The van der Waals surface area contributed by atoms with Gasteiger partial charge in [0.1, 0.15) is 5.75 Å².